The molecule has 16 heavy (non-hydrogen) atoms. The minimum absolute atomic E-state index is 0.292. The van der Waals surface area contributed by atoms with Crippen LogP contribution in [0.15, 0.2) is 24.3 Å². The lowest BCUT2D eigenvalue weighted by atomic mass is 10.1. The van der Waals surface area contributed by atoms with Crippen molar-refractivity contribution in [2.45, 2.75) is 19.4 Å². The Balaban J connectivity index is 2.31. The highest BCUT2D eigenvalue weighted by molar-refractivity contribution is 5.73. The summed E-state index contributed by atoms with van der Waals surface area (Å²) < 4.78 is 0. The van der Waals surface area contributed by atoms with E-state index in [-0.39, 0.29) is 0 Å². The number of benzene rings is 1. The highest BCUT2D eigenvalue weighted by atomic mass is 15.3. The Kier molecular flexibility index (Phi) is 3.00. The van der Waals surface area contributed by atoms with E-state index in [1.807, 2.05) is 0 Å². The summed E-state index contributed by atoms with van der Waals surface area (Å²) in [7, 11) is 2.12. The number of rotatable bonds is 2. The molecule has 84 valence electrons. The molecule has 1 aliphatic rings. The van der Waals surface area contributed by atoms with E-state index >= 15 is 0 Å². The Morgan fingerprint density at radius 1 is 1.31 bits per heavy atom. The van der Waals surface area contributed by atoms with Crippen molar-refractivity contribution in [1.29, 1.82) is 5.26 Å². The highest BCUT2D eigenvalue weighted by Gasteiger charge is 2.23. The Bertz CT molecular complexity index is 408. The number of anilines is 2. The summed E-state index contributed by atoms with van der Waals surface area (Å²) in [5, 5.41) is 8.78. The van der Waals surface area contributed by atoms with Gasteiger partial charge in [0.1, 0.15) is 0 Å². The second-order valence-electron chi connectivity index (χ2n) is 4.31. The van der Waals surface area contributed by atoms with Crippen molar-refractivity contribution >= 4 is 11.4 Å². The molecule has 0 aromatic heterocycles. The van der Waals surface area contributed by atoms with Gasteiger partial charge in [-0.2, -0.15) is 5.26 Å². The van der Waals surface area contributed by atoms with Gasteiger partial charge in [0, 0.05) is 26.2 Å². The zero-order valence-corrected chi connectivity index (χ0v) is 9.85. The summed E-state index contributed by atoms with van der Waals surface area (Å²) in [6, 6.07) is 10.9. The van der Waals surface area contributed by atoms with Gasteiger partial charge >= 0.3 is 0 Å². The van der Waals surface area contributed by atoms with Crippen LogP contribution in [0.3, 0.4) is 0 Å². The quantitative estimate of drug-likeness (QED) is 0.758. The number of hydrogen-bond acceptors (Lipinski definition) is 3. The first-order chi connectivity index (χ1) is 7.74. The van der Waals surface area contributed by atoms with Crippen molar-refractivity contribution in [2.24, 2.45) is 0 Å². The number of para-hydroxylation sites is 2. The summed E-state index contributed by atoms with van der Waals surface area (Å²) in [6.45, 7) is 4.13. The average molecular weight is 215 g/mol. The minimum atomic E-state index is 0.292. The molecule has 1 aromatic rings. The molecule has 3 heteroatoms. The average Bonchev–Trinajstić information content (AvgIpc) is 2.30. The van der Waals surface area contributed by atoms with Gasteiger partial charge in [-0.25, -0.2) is 0 Å². The zero-order valence-electron chi connectivity index (χ0n) is 9.85. The fourth-order valence-electron chi connectivity index (χ4n) is 2.23. The molecule has 1 unspecified atom stereocenters. The van der Waals surface area contributed by atoms with Crippen molar-refractivity contribution in [3.63, 3.8) is 0 Å². The van der Waals surface area contributed by atoms with E-state index in [0.29, 0.717) is 12.5 Å². The summed E-state index contributed by atoms with van der Waals surface area (Å²) in [4.78, 5) is 4.60. The van der Waals surface area contributed by atoms with Crippen LogP contribution in [0, 0.1) is 11.3 Å². The van der Waals surface area contributed by atoms with Gasteiger partial charge in [-0.15, -0.1) is 0 Å². The molecule has 1 atom stereocenters. The molecule has 0 spiro atoms. The van der Waals surface area contributed by atoms with Crippen LogP contribution in [-0.2, 0) is 0 Å². The standard InChI is InChI=1S/C13H17N3/c1-11(7-8-14)16-10-9-15(2)12-5-3-4-6-13(12)16/h3-6,11H,7,9-10H2,1-2H3. The lowest BCUT2D eigenvalue weighted by Crippen LogP contribution is -2.43. The van der Waals surface area contributed by atoms with Gasteiger partial charge in [0.15, 0.2) is 0 Å². The van der Waals surface area contributed by atoms with Gasteiger partial charge in [0.25, 0.3) is 0 Å². The SMILES string of the molecule is CC(CC#N)N1CCN(C)c2ccccc21. The van der Waals surface area contributed by atoms with Gasteiger partial charge < -0.3 is 9.80 Å². The smallest absolute Gasteiger partial charge is 0.0643 e. The normalized spacial score (nSPS) is 16.6. The lowest BCUT2D eigenvalue weighted by Gasteiger charge is -2.39. The van der Waals surface area contributed by atoms with E-state index in [1.54, 1.807) is 0 Å². The second kappa shape index (κ2) is 4.44. The predicted molar refractivity (Wildman–Crippen MR) is 66.8 cm³/mol. The van der Waals surface area contributed by atoms with Crippen molar-refractivity contribution in [1.82, 2.24) is 0 Å². The number of nitriles is 1. The molecule has 0 saturated carbocycles. The van der Waals surface area contributed by atoms with Crippen molar-refractivity contribution in [2.75, 3.05) is 29.9 Å². The van der Waals surface area contributed by atoms with Gasteiger partial charge in [0.2, 0.25) is 0 Å². The molecule has 0 saturated heterocycles. The van der Waals surface area contributed by atoms with Crippen LogP contribution in [-0.4, -0.2) is 26.2 Å². The van der Waals surface area contributed by atoms with Gasteiger partial charge in [-0.3, -0.25) is 0 Å². The van der Waals surface area contributed by atoms with Crippen LogP contribution in [0.5, 0.6) is 0 Å². The molecule has 0 bridgehead atoms. The third-order valence-electron chi connectivity index (χ3n) is 3.20. The molecule has 0 amide bonds. The monoisotopic (exact) mass is 215 g/mol. The molecule has 0 N–H and O–H groups in total. The summed E-state index contributed by atoms with van der Waals surface area (Å²) in [6.07, 6.45) is 0.581. The molecule has 0 fully saturated rings. The molecule has 0 aliphatic carbocycles. The summed E-state index contributed by atoms with van der Waals surface area (Å²) >= 11 is 0. The molecular formula is C13H17N3. The minimum Gasteiger partial charge on any atom is -0.371 e. The number of fused-ring (bicyclic) bond motifs is 1. The van der Waals surface area contributed by atoms with Crippen LogP contribution in [0.25, 0.3) is 0 Å². The maximum Gasteiger partial charge on any atom is 0.0643 e. The van der Waals surface area contributed by atoms with Crippen molar-refractivity contribution in [3.05, 3.63) is 24.3 Å². The van der Waals surface area contributed by atoms with Gasteiger partial charge in [0.05, 0.1) is 23.9 Å². The first-order valence-corrected chi connectivity index (χ1v) is 5.68. The van der Waals surface area contributed by atoms with Gasteiger partial charge in [-0.05, 0) is 19.1 Å². The van der Waals surface area contributed by atoms with E-state index < -0.39 is 0 Å². The van der Waals surface area contributed by atoms with Crippen LogP contribution in [0.2, 0.25) is 0 Å². The number of likely N-dealkylation sites (N-methyl/N-ethyl adjacent to an activating group) is 1. The highest BCUT2D eigenvalue weighted by Crippen LogP contribution is 2.33. The summed E-state index contributed by atoms with van der Waals surface area (Å²) in [5.41, 5.74) is 2.51. The van der Waals surface area contributed by atoms with Gasteiger partial charge in [-0.1, -0.05) is 12.1 Å². The molecule has 1 aromatic carbocycles. The maximum atomic E-state index is 8.78. The zero-order chi connectivity index (χ0) is 11.5. The second-order valence-corrected chi connectivity index (χ2v) is 4.31. The molecular weight excluding hydrogens is 198 g/mol. The Labute approximate surface area is 96.9 Å². The Morgan fingerprint density at radius 3 is 2.69 bits per heavy atom. The van der Waals surface area contributed by atoms with E-state index in [9.17, 15) is 0 Å². The van der Waals surface area contributed by atoms with E-state index in [2.05, 4.69) is 54.1 Å². The van der Waals surface area contributed by atoms with Crippen molar-refractivity contribution in [3.8, 4) is 6.07 Å². The predicted octanol–water partition coefficient (Wildman–Crippen LogP) is 2.24. The van der Waals surface area contributed by atoms with E-state index in [4.69, 9.17) is 5.26 Å². The molecule has 2 rings (SSSR count). The largest absolute Gasteiger partial charge is 0.371 e. The topological polar surface area (TPSA) is 30.3 Å². The first-order valence-electron chi connectivity index (χ1n) is 5.68. The van der Waals surface area contributed by atoms with E-state index in [1.165, 1.54) is 11.4 Å². The first kappa shape index (κ1) is 10.8. The molecule has 0 radical (unpaired) electrons. The van der Waals surface area contributed by atoms with Crippen molar-refractivity contribution < 1.29 is 0 Å². The lowest BCUT2D eigenvalue weighted by molar-refractivity contribution is 0.625. The fourth-order valence-corrected chi connectivity index (χ4v) is 2.23. The number of nitrogens with zero attached hydrogens (tertiary/aromatic N) is 3. The maximum absolute atomic E-state index is 8.78. The molecule has 1 heterocycles. The van der Waals surface area contributed by atoms with Crippen LogP contribution in [0.1, 0.15) is 13.3 Å². The van der Waals surface area contributed by atoms with E-state index in [0.717, 1.165) is 13.1 Å². The third-order valence-corrected chi connectivity index (χ3v) is 3.20. The van der Waals surface area contributed by atoms with Crippen LogP contribution < -0.4 is 9.80 Å². The Morgan fingerprint density at radius 2 is 2.00 bits per heavy atom. The summed E-state index contributed by atoms with van der Waals surface area (Å²) in [5.74, 6) is 0. The number of hydrogen-bond donors (Lipinski definition) is 0. The molecule has 1 aliphatic heterocycles. The van der Waals surface area contributed by atoms with Crippen LogP contribution >= 0.6 is 0 Å². The van der Waals surface area contributed by atoms with Crippen LogP contribution in [0.4, 0.5) is 11.4 Å². The third kappa shape index (κ3) is 1.83. The fraction of sp³-hybridized carbons (Fsp3) is 0.462. The molecule has 3 nitrogen and oxygen atoms in total. The Hall–Kier alpha value is -1.69.